The second-order valence-electron chi connectivity index (χ2n) is 8.80. The van der Waals surface area contributed by atoms with Crippen LogP contribution in [-0.2, 0) is 6.42 Å². The smallest absolute Gasteiger partial charge is 0.263 e. The zero-order valence-electron chi connectivity index (χ0n) is 20.5. The van der Waals surface area contributed by atoms with E-state index in [1.54, 1.807) is 37.3 Å². The highest BCUT2D eigenvalue weighted by Gasteiger charge is 2.33. The van der Waals surface area contributed by atoms with Gasteiger partial charge in [0.15, 0.2) is 0 Å². The number of amides is 1. The van der Waals surface area contributed by atoms with Gasteiger partial charge in [-0.2, -0.15) is 0 Å². The summed E-state index contributed by atoms with van der Waals surface area (Å²) in [6, 6.07) is 15.3. The molecule has 2 heterocycles. The molecule has 1 saturated heterocycles. The first-order chi connectivity index (χ1) is 17.0. The monoisotopic (exact) mass is 476 g/mol. The molecule has 0 aliphatic carbocycles. The van der Waals surface area contributed by atoms with E-state index in [1.165, 1.54) is 5.56 Å². The molecule has 0 spiro atoms. The van der Waals surface area contributed by atoms with Crippen LogP contribution in [0.4, 0.5) is 0 Å². The summed E-state index contributed by atoms with van der Waals surface area (Å²) in [4.78, 5) is 19.6. The van der Waals surface area contributed by atoms with E-state index in [-0.39, 0.29) is 17.2 Å². The normalized spacial score (nSPS) is 15.3. The molecule has 0 bridgehead atoms. The Morgan fingerprint density at radius 1 is 1.11 bits per heavy atom. The van der Waals surface area contributed by atoms with Gasteiger partial charge in [-0.05, 0) is 43.0 Å². The third-order valence-corrected chi connectivity index (χ3v) is 6.63. The van der Waals surface area contributed by atoms with Crippen LogP contribution in [0.25, 0.3) is 11.1 Å². The van der Waals surface area contributed by atoms with Gasteiger partial charge < -0.3 is 24.6 Å². The van der Waals surface area contributed by atoms with Crippen LogP contribution in [0, 0.1) is 0 Å². The first kappa shape index (κ1) is 24.4. The predicted molar refractivity (Wildman–Crippen MR) is 134 cm³/mol. The van der Waals surface area contributed by atoms with E-state index < -0.39 is 11.8 Å². The Labute approximate surface area is 206 Å². The maximum Gasteiger partial charge on any atom is 0.263 e. The topological polar surface area (TPSA) is 92.1 Å². The lowest BCUT2D eigenvalue weighted by molar-refractivity contribution is 0.0783. The SMILES string of the molecule is CCCCc1nc(O)c(C(=O)N2CCC(c3ccccc3)C2)c(O)c1-c1cc(OC)ccc1OC. The van der Waals surface area contributed by atoms with Crippen molar-refractivity contribution in [3.05, 3.63) is 65.4 Å². The van der Waals surface area contributed by atoms with Crippen LogP contribution >= 0.6 is 0 Å². The van der Waals surface area contributed by atoms with E-state index in [2.05, 4.69) is 24.0 Å². The van der Waals surface area contributed by atoms with Gasteiger partial charge in [0.2, 0.25) is 5.88 Å². The van der Waals surface area contributed by atoms with Gasteiger partial charge >= 0.3 is 0 Å². The minimum atomic E-state index is -0.452. The van der Waals surface area contributed by atoms with E-state index in [0.717, 1.165) is 19.3 Å². The number of likely N-dealkylation sites (tertiary alicyclic amines) is 1. The summed E-state index contributed by atoms with van der Waals surface area (Å²) >= 11 is 0. The Kier molecular flexibility index (Phi) is 7.44. The molecule has 1 amide bonds. The third kappa shape index (κ3) is 4.90. The maximum atomic E-state index is 13.6. The number of benzene rings is 2. The van der Waals surface area contributed by atoms with Crippen molar-refractivity contribution in [2.45, 2.75) is 38.5 Å². The Bertz CT molecular complexity index is 1200. The molecule has 0 saturated carbocycles. The number of hydrogen-bond donors (Lipinski definition) is 2. The van der Waals surface area contributed by atoms with Crippen molar-refractivity contribution in [3.63, 3.8) is 0 Å². The van der Waals surface area contributed by atoms with Crippen LogP contribution in [0.15, 0.2) is 48.5 Å². The fourth-order valence-electron chi connectivity index (χ4n) is 4.72. The number of hydrogen-bond acceptors (Lipinski definition) is 6. The van der Waals surface area contributed by atoms with Crippen LogP contribution in [0.3, 0.4) is 0 Å². The van der Waals surface area contributed by atoms with Gasteiger partial charge in [0.25, 0.3) is 5.91 Å². The first-order valence-electron chi connectivity index (χ1n) is 12.0. The van der Waals surface area contributed by atoms with Gasteiger partial charge in [-0.25, -0.2) is 4.98 Å². The second kappa shape index (κ2) is 10.7. The molecule has 7 heteroatoms. The number of ether oxygens (including phenoxy) is 2. The molecule has 1 aliphatic heterocycles. The van der Waals surface area contributed by atoms with E-state index in [4.69, 9.17) is 9.47 Å². The third-order valence-electron chi connectivity index (χ3n) is 6.63. The molecule has 0 radical (unpaired) electrons. The molecule has 1 aromatic heterocycles. The quantitative estimate of drug-likeness (QED) is 0.467. The van der Waals surface area contributed by atoms with Crippen LogP contribution in [-0.4, -0.2) is 53.3 Å². The summed E-state index contributed by atoms with van der Waals surface area (Å²) in [5.41, 5.74) is 2.44. The molecule has 1 atom stereocenters. The van der Waals surface area contributed by atoms with E-state index in [1.807, 2.05) is 18.2 Å². The molecule has 1 unspecified atom stereocenters. The average Bonchev–Trinajstić information content (AvgIpc) is 3.38. The van der Waals surface area contributed by atoms with Gasteiger partial charge in [-0.15, -0.1) is 0 Å². The molecule has 2 N–H and O–H groups in total. The van der Waals surface area contributed by atoms with Crippen molar-refractivity contribution in [1.29, 1.82) is 0 Å². The lowest BCUT2D eigenvalue weighted by Gasteiger charge is -2.21. The fourth-order valence-corrected chi connectivity index (χ4v) is 4.72. The van der Waals surface area contributed by atoms with Crippen LogP contribution in [0.2, 0.25) is 0 Å². The Balaban J connectivity index is 1.77. The predicted octanol–water partition coefficient (Wildman–Crippen LogP) is 5.15. The van der Waals surface area contributed by atoms with Crippen molar-refractivity contribution in [1.82, 2.24) is 9.88 Å². The number of carbonyl (C=O) groups excluding carboxylic acids is 1. The Morgan fingerprint density at radius 2 is 1.89 bits per heavy atom. The molecule has 35 heavy (non-hydrogen) atoms. The van der Waals surface area contributed by atoms with Gasteiger partial charge in [-0.1, -0.05) is 43.7 Å². The van der Waals surface area contributed by atoms with Crippen molar-refractivity contribution < 1.29 is 24.5 Å². The number of nitrogens with zero attached hydrogens (tertiary/aromatic N) is 2. The van der Waals surface area contributed by atoms with Gasteiger partial charge in [0, 0.05) is 24.6 Å². The van der Waals surface area contributed by atoms with E-state index in [9.17, 15) is 15.0 Å². The van der Waals surface area contributed by atoms with Gasteiger partial charge in [0.1, 0.15) is 22.8 Å². The molecule has 7 nitrogen and oxygen atoms in total. The van der Waals surface area contributed by atoms with Crippen LogP contribution in [0.5, 0.6) is 23.1 Å². The largest absolute Gasteiger partial charge is 0.506 e. The summed E-state index contributed by atoms with van der Waals surface area (Å²) in [6.07, 6.45) is 3.06. The number of unbranched alkanes of at least 4 members (excludes halogenated alkanes) is 1. The molecule has 3 aromatic rings. The lowest BCUT2D eigenvalue weighted by atomic mass is 9.96. The summed E-state index contributed by atoms with van der Waals surface area (Å²) in [5, 5.41) is 22.3. The summed E-state index contributed by atoms with van der Waals surface area (Å²) in [5.74, 6) is 0.119. The van der Waals surface area contributed by atoms with Crippen molar-refractivity contribution in [3.8, 4) is 34.3 Å². The molecule has 1 aliphatic rings. The van der Waals surface area contributed by atoms with Crippen LogP contribution in [0.1, 0.15) is 53.7 Å². The van der Waals surface area contributed by atoms with E-state index >= 15 is 0 Å². The highest BCUT2D eigenvalue weighted by molar-refractivity contribution is 6.02. The highest BCUT2D eigenvalue weighted by Crippen LogP contribution is 2.45. The van der Waals surface area contributed by atoms with Crippen LogP contribution < -0.4 is 9.47 Å². The summed E-state index contributed by atoms with van der Waals surface area (Å²) < 4.78 is 10.9. The zero-order valence-corrected chi connectivity index (χ0v) is 20.5. The fraction of sp³-hybridized carbons (Fsp3) is 0.357. The number of aryl methyl sites for hydroxylation is 1. The number of methoxy groups -OCH3 is 2. The van der Waals surface area contributed by atoms with Crippen molar-refractivity contribution in [2.24, 2.45) is 0 Å². The molecule has 184 valence electrons. The number of pyridine rings is 1. The van der Waals surface area contributed by atoms with Gasteiger partial charge in [0.05, 0.1) is 25.5 Å². The summed E-state index contributed by atoms with van der Waals surface area (Å²) in [7, 11) is 3.10. The number of carbonyl (C=O) groups is 1. The van der Waals surface area contributed by atoms with E-state index in [0.29, 0.717) is 47.8 Å². The number of aromatic hydroxyl groups is 2. The molecule has 1 fully saturated rings. The Morgan fingerprint density at radius 3 is 2.57 bits per heavy atom. The molecular formula is C28H32N2O5. The minimum Gasteiger partial charge on any atom is -0.506 e. The number of rotatable bonds is 8. The highest BCUT2D eigenvalue weighted by atomic mass is 16.5. The first-order valence-corrected chi connectivity index (χ1v) is 12.0. The van der Waals surface area contributed by atoms with Crippen molar-refractivity contribution >= 4 is 5.91 Å². The Hall–Kier alpha value is -3.74. The molecule has 4 rings (SSSR count). The molecule has 2 aromatic carbocycles. The lowest BCUT2D eigenvalue weighted by Crippen LogP contribution is -2.29. The molecular weight excluding hydrogens is 444 g/mol. The minimum absolute atomic E-state index is 0.182. The maximum absolute atomic E-state index is 13.6. The van der Waals surface area contributed by atoms with Gasteiger partial charge in [-0.3, -0.25) is 4.79 Å². The standard InChI is InChI=1S/C28H32N2O5/c1-4-5-11-22-24(21-16-20(34-2)12-13-23(21)35-3)26(31)25(27(32)29-22)28(33)30-15-14-19(17-30)18-9-7-6-8-10-18/h6-10,12-13,16,19H,4-5,11,14-15,17H2,1-3H3,(H2,29,31,32). The average molecular weight is 477 g/mol. The zero-order chi connectivity index (χ0) is 24.9. The summed E-state index contributed by atoms with van der Waals surface area (Å²) in [6.45, 7) is 3.10. The van der Waals surface area contributed by atoms with Crippen molar-refractivity contribution in [2.75, 3.05) is 27.3 Å². The number of aromatic nitrogens is 1. The second-order valence-corrected chi connectivity index (χ2v) is 8.80.